The SMILES string of the molecule is CCC(NC(=O)/C=C/c1coc2ccc(C)cc2c1=O)C(=O)O. The second-order valence-electron chi connectivity index (χ2n) is 5.16. The van der Waals surface area contributed by atoms with E-state index in [2.05, 4.69) is 5.32 Å². The average Bonchev–Trinajstić information content (AvgIpc) is 2.52. The Bertz CT molecular complexity index is 834. The molecule has 0 aliphatic rings. The predicted octanol–water partition coefficient (Wildman–Crippen LogP) is 2.09. The Balaban J connectivity index is 2.24. The van der Waals surface area contributed by atoms with Gasteiger partial charge in [0.2, 0.25) is 5.91 Å². The molecule has 120 valence electrons. The molecule has 6 nitrogen and oxygen atoms in total. The summed E-state index contributed by atoms with van der Waals surface area (Å²) in [4.78, 5) is 34.9. The van der Waals surface area contributed by atoms with Crippen molar-refractivity contribution < 1.29 is 19.1 Å². The maximum absolute atomic E-state index is 12.3. The van der Waals surface area contributed by atoms with E-state index in [9.17, 15) is 14.4 Å². The molecule has 0 bridgehead atoms. The molecule has 1 aromatic carbocycles. The Morgan fingerprint density at radius 3 is 2.78 bits per heavy atom. The molecular weight excluding hydrogens is 298 g/mol. The minimum atomic E-state index is -1.10. The fraction of sp³-hybridized carbons (Fsp3) is 0.235. The van der Waals surface area contributed by atoms with Crippen molar-refractivity contribution in [1.82, 2.24) is 5.32 Å². The molecule has 2 rings (SSSR count). The number of hydrogen-bond donors (Lipinski definition) is 2. The fourth-order valence-corrected chi connectivity index (χ4v) is 2.10. The topological polar surface area (TPSA) is 96.6 Å². The maximum atomic E-state index is 12.3. The van der Waals surface area contributed by atoms with E-state index >= 15 is 0 Å². The summed E-state index contributed by atoms with van der Waals surface area (Å²) in [5, 5.41) is 11.7. The van der Waals surface area contributed by atoms with Crippen LogP contribution < -0.4 is 10.7 Å². The molecule has 1 aromatic heterocycles. The van der Waals surface area contributed by atoms with Crippen LogP contribution in [0.3, 0.4) is 0 Å². The number of hydrogen-bond acceptors (Lipinski definition) is 4. The molecule has 0 aliphatic heterocycles. The number of aliphatic carboxylic acids is 1. The van der Waals surface area contributed by atoms with Gasteiger partial charge < -0.3 is 14.8 Å². The van der Waals surface area contributed by atoms with Gasteiger partial charge in [0.25, 0.3) is 0 Å². The molecule has 1 atom stereocenters. The standard InChI is InChI=1S/C17H17NO5/c1-3-13(17(21)22)18-15(19)7-5-11-9-23-14-6-4-10(2)8-12(14)16(11)20/h4-9,13H,3H2,1-2H3,(H,18,19)(H,21,22)/b7-5+. The monoisotopic (exact) mass is 315 g/mol. The molecule has 23 heavy (non-hydrogen) atoms. The number of aryl methyl sites for hydroxylation is 1. The highest BCUT2D eigenvalue weighted by Gasteiger charge is 2.16. The lowest BCUT2D eigenvalue weighted by atomic mass is 10.1. The van der Waals surface area contributed by atoms with Crippen LogP contribution in [0, 0.1) is 6.92 Å². The van der Waals surface area contributed by atoms with Gasteiger partial charge in [0.1, 0.15) is 17.9 Å². The molecule has 0 aliphatic carbocycles. The fourth-order valence-electron chi connectivity index (χ4n) is 2.10. The maximum Gasteiger partial charge on any atom is 0.326 e. The van der Waals surface area contributed by atoms with E-state index < -0.39 is 17.9 Å². The summed E-state index contributed by atoms with van der Waals surface area (Å²) >= 11 is 0. The number of fused-ring (bicyclic) bond motifs is 1. The van der Waals surface area contributed by atoms with Gasteiger partial charge >= 0.3 is 5.97 Å². The van der Waals surface area contributed by atoms with E-state index in [-0.39, 0.29) is 17.4 Å². The van der Waals surface area contributed by atoms with E-state index in [1.165, 1.54) is 12.3 Å². The molecule has 0 saturated heterocycles. The lowest BCUT2D eigenvalue weighted by molar-refractivity contribution is -0.141. The van der Waals surface area contributed by atoms with Crippen molar-refractivity contribution in [3.8, 4) is 0 Å². The van der Waals surface area contributed by atoms with Crippen LogP contribution in [0.15, 0.2) is 39.7 Å². The largest absolute Gasteiger partial charge is 0.480 e. The third-order valence-electron chi connectivity index (χ3n) is 3.39. The first-order chi connectivity index (χ1) is 10.9. The van der Waals surface area contributed by atoms with Crippen LogP contribution >= 0.6 is 0 Å². The second kappa shape index (κ2) is 6.91. The van der Waals surface area contributed by atoms with Gasteiger partial charge in [-0.15, -0.1) is 0 Å². The third kappa shape index (κ3) is 3.85. The van der Waals surface area contributed by atoms with E-state index in [0.717, 1.165) is 11.6 Å². The van der Waals surface area contributed by atoms with Crippen molar-refractivity contribution in [1.29, 1.82) is 0 Å². The number of amides is 1. The minimum Gasteiger partial charge on any atom is -0.480 e. The highest BCUT2D eigenvalue weighted by Crippen LogP contribution is 2.13. The number of carboxylic acids is 1. The van der Waals surface area contributed by atoms with Gasteiger partial charge in [-0.3, -0.25) is 9.59 Å². The van der Waals surface area contributed by atoms with E-state index in [1.54, 1.807) is 19.1 Å². The van der Waals surface area contributed by atoms with Crippen molar-refractivity contribution in [2.75, 3.05) is 0 Å². The first-order valence-electron chi connectivity index (χ1n) is 7.16. The molecule has 0 radical (unpaired) electrons. The summed E-state index contributed by atoms with van der Waals surface area (Å²) in [6.07, 6.45) is 3.99. The zero-order chi connectivity index (χ0) is 17.0. The normalized spacial score (nSPS) is 12.4. The Labute approximate surface area is 132 Å². The lowest BCUT2D eigenvalue weighted by Crippen LogP contribution is -2.39. The zero-order valence-corrected chi connectivity index (χ0v) is 12.8. The van der Waals surface area contributed by atoms with Crippen molar-refractivity contribution in [2.45, 2.75) is 26.3 Å². The van der Waals surface area contributed by atoms with Gasteiger partial charge in [-0.05, 0) is 31.6 Å². The number of nitrogens with one attached hydrogen (secondary N) is 1. The van der Waals surface area contributed by atoms with Gasteiger partial charge in [-0.2, -0.15) is 0 Å². The van der Waals surface area contributed by atoms with Gasteiger partial charge in [0, 0.05) is 6.08 Å². The molecule has 2 aromatic rings. The van der Waals surface area contributed by atoms with Crippen molar-refractivity contribution in [2.24, 2.45) is 0 Å². The van der Waals surface area contributed by atoms with Crippen molar-refractivity contribution in [3.05, 3.63) is 51.9 Å². The molecule has 6 heteroatoms. The highest BCUT2D eigenvalue weighted by atomic mass is 16.4. The predicted molar refractivity (Wildman–Crippen MR) is 86.1 cm³/mol. The number of benzene rings is 1. The summed E-state index contributed by atoms with van der Waals surface area (Å²) < 4.78 is 5.37. The Hall–Kier alpha value is -2.89. The lowest BCUT2D eigenvalue weighted by Gasteiger charge is -2.09. The summed E-state index contributed by atoms with van der Waals surface area (Å²) in [6.45, 7) is 3.52. The van der Waals surface area contributed by atoms with Gasteiger partial charge in [0.05, 0.1) is 10.9 Å². The van der Waals surface area contributed by atoms with Crippen LogP contribution in [0.5, 0.6) is 0 Å². The molecule has 1 amide bonds. The molecule has 1 unspecified atom stereocenters. The molecule has 0 spiro atoms. The first-order valence-corrected chi connectivity index (χ1v) is 7.16. The molecule has 2 N–H and O–H groups in total. The average molecular weight is 315 g/mol. The van der Waals surface area contributed by atoms with Crippen LogP contribution in [-0.4, -0.2) is 23.0 Å². The smallest absolute Gasteiger partial charge is 0.326 e. The Morgan fingerprint density at radius 2 is 2.13 bits per heavy atom. The zero-order valence-electron chi connectivity index (χ0n) is 12.8. The van der Waals surface area contributed by atoms with Crippen LogP contribution in [-0.2, 0) is 9.59 Å². The van der Waals surface area contributed by atoms with Crippen molar-refractivity contribution >= 4 is 28.9 Å². The first kappa shape index (κ1) is 16.5. The minimum absolute atomic E-state index is 0.224. The van der Waals surface area contributed by atoms with Crippen LogP contribution in [0.4, 0.5) is 0 Å². The molecule has 0 saturated carbocycles. The number of carbonyl (C=O) groups excluding carboxylic acids is 1. The van der Waals surface area contributed by atoms with Gasteiger partial charge in [0.15, 0.2) is 5.43 Å². The van der Waals surface area contributed by atoms with Gasteiger partial charge in [-0.25, -0.2) is 4.79 Å². The summed E-state index contributed by atoms with van der Waals surface area (Å²) in [5.74, 6) is -1.68. The Kier molecular flexibility index (Phi) is 4.95. The third-order valence-corrected chi connectivity index (χ3v) is 3.39. The highest BCUT2D eigenvalue weighted by molar-refractivity contribution is 5.94. The number of rotatable bonds is 5. The summed E-state index contributed by atoms with van der Waals surface area (Å²) in [6, 6.07) is 4.31. The van der Waals surface area contributed by atoms with Crippen molar-refractivity contribution in [3.63, 3.8) is 0 Å². The van der Waals surface area contributed by atoms with E-state index in [1.807, 2.05) is 13.0 Å². The molecule has 0 fully saturated rings. The summed E-state index contributed by atoms with van der Waals surface area (Å²) in [7, 11) is 0. The summed E-state index contributed by atoms with van der Waals surface area (Å²) in [5.41, 5.74) is 1.38. The second-order valence-corrected chi connectivity index (χ2v) is 5.16. The van der Waals surface area contributed by atoms with Crippen LogP contribution in [0.2, 0.25) is 0 Å². The van der Waals surface area contributed by atoms with E-state index in [0.29, 0.717) is 11.0 Å². The Morgan fingerprint density at radius 1 is 1.39 bits per heavy atom. The molecule has 1 heterocycles. The van der Waals surface area contributed by atoms with Gasteiger partial charge in [-0.1, -0.05) is 18.6 Å². The quantitative estimate of drug-likeness (QED) is 0.824. The van der Waals surface area contributed by atoms with Crippen LogP contribution in [0.1, 0.15) is 24.5 Å². The number of carboxylic acid groups (broad SMARTS) is 1. The van der Waals surface area contributed by atoms with E-state index in [4.69, 9.17) is 9.52 Å². The number of carbonyl (C=O) groups is 2. The molecular formula is C17H17NO5. The van der Waals surface area contributed by atoms with Crippen LogP contribution in [0.25, 0.3) is 17.0 Å².